The quantitative estimate of drug-likeness (QED) is 0.275. The van der Waals surface area contributed by atoms with Crippen LogP contribution in [-0.2, 0) is 13.5 Å². The van der Waals surface area contributed by atoms with E-state index in [2.05, 4.69) is 5.32 Å². The number of ether oxygens (including phenoxy) is 4. The van der Waals surface area contributed by atoms with E-state index in [0.29, 0.717) is 47.1 Å². The third-order valence-corrected chi connectivity index (χ3v) is 6.28. The molecule has 0 radical (unpaired) electrons. The lowest BCUT2D eigenvalue weighted by Gasteiger charge is -2.15. The highest BCUT2D eigenvalue weighted by molar-refractivity contribution is 5.83. The van der Waals surface area contributed by atoms with Crippen molar-refractivity contribution in [3.8, 4) is 34.4 Å². The number of para-hydroxylation sites is 1. The van der Waals surface area contributed by atoms with Crippen LogP contribution in [0.4, 0.5) is 0 Å². The van der Waals surface area contributed by atoms with Crippen molar-refractivity contribution in [2.45, 2.75) is 12.5 Å². The fourth-order valence-electron chi connectivity index (χ4n) is 4.21. The Morgan fingerprint density at radius 2 is 1.63 bits per heavy atom. The standard InChI is InChI=1S/C29H33N3O6/c1-32-28(31-24-16-27(37-4)26(36-3)15-23(24)29(32)34)20-9-11-22(12-10-20)38-18-21(33)17-30-14-13-19-7-5-6-8-25(19)35-2/h5-12,15-16,21,30,33H,13-14,17-18H2,1-4H3. The van der Waals surface area contributed by atoms with Gasteiger partial charge in [0, 0.05) is 25.2 Å². The predicted octanol–water partition coefficient (Wildman–Crippen LogP) is 3.20. The van der Waals surface area contributed by atoms with Crippen LogP contribution in [0.1, 0.15) is 5.56 Å². The van der Waals surface area contributed by atoms with E-state index < -0.39 is 6.10 Å². The highest BCUT2D eigenvalue weighted by Crippen LogP contribution is 2.31. The lowest BCUT2D eigenvalue weighted by atomic mass is 10.1. The lowest BCUT2D eigenvalue weighted by Crippen LogP contribution is -2.32. The molecule has 0 aliphatic rings. The molecule has 0 saturated heterocycles. The van der Waals surface area contributed by atoms with Crippen molar-refractivity contribution >= 4 is 10.9 Å². The molecule has 1 atom stereocenters. The van der Waals surface area contributed by atoms with Crippen molar-refractivity contribution < 1.29 is 24.1 Å². The molecular weight excluding hydrogens is 486 g/mol. The summed E-state index contributed by atoms with van der Waals surface area (Å²) >= 11 is 0. The van der Waals surface area contributed by atoms with Crippen molar-refractivity contribution in [3.05, 3.63) is 76.6 Å². The van der Waals surface area contributed by atoms with Crippen LogP contribution in [-0.4, -0.2) is 61.8 Å². The molecular formula is C29H33N3O6. The van der Waals surface area contributed by atoms with E-state index in [-0.39, 0.29) is 12.2 Å². The van der Waals surface area contributed by atoms with Gasteiger partial charge < -0.3 is 29.4 Å². The van der Waals surface area contributed by atoms with Crippen molar-refractivity contribution in [2.24, 2.45) is 7.05 Å². The molecule has 2 N–H and O–H groups in total. The van der Waals surface area contributed by atoms with E-state index in [1.54, 1.807) is 45.5 Å². The van der Waals surface area contributed by atoms with Crippen molar-refractivity contribution in [2.75, 3.05) is 41.0 Å². The van der Waals surface area contributed by atoms with E-state index >= 15 is 0 Å². The second-order valence-electron chi connectivity index (χ2n) is 8.78. The van der Waals surface area contributed by atoms with Crippen molar-refractivity contribution in [1.29, 1.82) is 0 Å². The zero-order valence-electron chi connectivity index (χ0n) is 22.1. The number of nitrogens with zero attached hydrogens (tertiary/aromatic N) is 2. The maximum atomic E-state index is 13.0. The Kier molecular flexibility index (Phi) is 8.83. The van der Waals surface area contributed by atoms with E-state index in [1.807, 2.05) is 36.4 Å². The molecule has 4 rings (SSSR count). The molecule has 200 valence electrons. The van der Waals surface area contributed by atoms with Crippen LogP contribution in [0, 0.1) is 0 Å². The minimum absolute atomic E-state index is 0.148. The minimum atomic E-state index is -0.665. The molecule has 3 aromatic carbocycles. The van der Waals surface area contributed by atoms with E-state index in [1.165, 1.54) is 11.7 Å². The fraction of sp³-hybridized carbons (Fsp3) is 0.310. The first-order chi connectivity index (χ1) is 18.4. The summed E-state index contributed by atoms with van der Waals surface area (Å²) in [5, 5.41) is 14.0. The van der Waals surface area contributed by atoms with Crippen LogP contribution in [0.3, 0.4) is 0 Å². The minimum Gasteiger partial charge on any atom is -0.496 e. The van der Waals surface area contributed by atoms with Gasteiger partial charge in [-0.15, -0.1) is 0 Å². The first-order valence-corrected chi connectivity index (χ1v) is 12.3. The summed E-state index contributed by atoms with van der Waals surface area (Å²) in [4.78, 5) is 17.7. The number of benzene rings is 3. The number of methoxy groups -OCH3 is 3. The van der Waals surface area contributed by atoms with E-state index in [4.69, 9.17) is 23.9 Å². The predicted molar refractivity (Wildman–Crippen MR) is 147 cm³/mol. The Labute approximate surface area is 221 Å². The Balaban J connectivity index is 1.35. The molecule has 0 bridgehead atoms. The average molecular weight is 520 g/mol. The molecule has 0 aliphatic carbocycles. The zero-order chi connectivity index (χ0) is 27.1. The molecule has 0 saturated carbocycles. The number of hydrogen-bond donors (Lipinski definition) is 2. The van der Waals surface area contributed by atoms with Gasteiger partial charge in [-0.2, -0.15) is 0 Å². The topological polar surface area (TPSA) is 104 Å². The molecule has 1 heterocycles. The third kappa shape index (κ3) is 6.07. The highest BCUT2D eigenvalue weighted by atomic mass is 16.5. The van der Waals surface area contributed by atoms with Gasteiger partial charge in [-0.25, -0.2) is 4.98 Å². The Morgan fingerprint density at radius 1 is 0.947 bits per heavy atom. The monoisotopic (exact) mass is 519 g/mol. The summed E-state index contributed by atoms with van der Waals surface area (Å²) in [5.41, 5.74) is 2.20. The SMILES string of the molecule is COc1ccccc1CCNCC(O)COc1ccc(-c2nc3cc(OC)c(OC)cc3c(=O)n2C)cc1. The molecule has 0 amide bonds. The third-order valence-electron chi connectivity index (χ3n) is 6.28. The number of aliphatic hydroxyl groups is 1. The van der Waals surface area contributed by atoms with Gasteiger partial charge in [0.2, 0.25) is 0 Å². The lowest BCUT2D eigenvalue weighted by molar-refractivity contribution is 0.106. The Hall–Kier alpha value is -4.08. The van der Waals surface area contributed by atoms with Gasteiger partial charge in [-0.05, 0) is 54.9 Å². The molecule has 0 spiro atoms. The van der Waals surface area contributed by atoms with Gasteiger partial charge in [0.15, 0.2) is 11.5 Å². The van der Waals surface area contributed by atoms with Crippen LogP contribution in [0.5, 0.6) is 23.0 Å². The van der Waals surface area contributed by atoms with Crippen molar-refractivity contribution in [1.82, 2.24) is 14.9 Å². The first kappa shape index (κ1) is 27.0. The maximum absolute atomic E-state index is 13.0. The summed E-state index contributed by atoms with van der Waals surface area (Å²) in [6, 6.07) is 18.5. The number of nitrogens with one attached hydrogen (secondary N) is 1. The van der Waals surface area contributed by atoms with Crippen LogP contribution in [0.25, 0.3) is 22.3 Å². The molecule has 0 fully saturated rings. The van der Waals surface area contributed by atoms with Gasteiger partial charge in [-0.1, -0.05) is 18.2 Å². The van der Waals surface area contributed by atoms with Gasteiger partial charge in [0.1, 0.15) is 30.0 Å². The summed E-state index contributed by atoms with van der Waals surface area (Å²) in [6.07, 6.45) is 0.132. The number of rotatable bonds is 12. The maximum Gasteiger partial charge on any atom is 0.261 e. The van der Waals surface area contributed by atoms with Crippen molar-refractivity contribution in [3.63, 3.8) is 0 Å². The number of hydrogen-bond acceptors (Lipinski definition) is 8. The smallest absolute Gasteiger partial charge is 0.261 e. The number of aliphatic hydroxyl groups excluding tert-OH is 1. The Morgan fingerprint density at radius 3 is 2.34 bits per heavy atom. The number of aromatic nitrogens is 2. The molecule has 0 aliphatic heterocycles. The van der Waals surface area contributed by atoms with Crippen LogP contribution in [0.2, 0.25) is 0 Å². The molecule has 4 aromatic rings. The fourth-order valence-corrected chi connectivity index (χ4v) is 4.21. The van der Waals surface area contributed by atoms with Crippen LogP contribution < -0.4 is 29.8 Å². The van der Waals surface area contributed by atoms with Gasteiger partial charge in [0.05, 0.1) is 32.2 Å². The van der Waals surface area contributed by atoms with Crippen LogP contribution in [0.15, 0.2) is 65.5 Å². The van der Waals surface area contributed by atoms with Gasteiger partial charge in [-0.3, -0.25) is 9.36 Å². The molecule has 1 aromatic heterocycles. The molecule has 1 unspecified atom stereocenters. The van der Waals surface area contributed by atoms with Gasteiger partial charge in [0.25, 0.3) is 5.56 Å². The zero-order valence-corrected chi connectivity index (χ0v) is 22.1. The van der Waals surface area contributed by atoms with E-state index in [0.717, 1.165) is 23.3 Å². The summed E-state index contributed by atoms with van der Waals surface area (Å²) in [6.45, 7) is 1.27. The normalized spacial score (nSPS) is 11.8. The van der Waals surface area contributed by atoms with Crippen LogP contribution >= 0.6 is 0 Å². The molecule has 9 heteroatoms. The van der Waals surface area contributed by atoms with Gasteiger partial charge >= 0.3 is 0 Å². The first-order valence-electron chi connectivity index (χ1n) is 12.3. The summed E-state index contributed by atoms with van der Waals surface area (Å²) < 4.78 is 23.3. The highest BCUT2D eigenvalue weighted by Gasteiger charge is 2.15. The second-order valence-corrected chi connectivity index (χ2v) is 8.78. The average Bonchev–Trinajstić information content (AvgIpc) is 2.96. The Bertz CT molecular complexity index is 1440. The number of fused-ring (bicyclic) bond motifs is 1. The van der Waals surface area contributed by atoms with E-state index in [9.17, 15) is 9.90 Å². The second kappa shape index (κ2) is 12.4. The summed E-state index contributed by atoms with van der Waals surface area (Å²) in [5.74, 6) is 2.96. The molecule has 38 heavy (non-hydrogen) atoms. The molecule has 9 nitrogen and oxygen atoms in total. The summed E-state index contributed by atoms with van der Waals surface area (Å²) in [7, 11) is 6.41. The largest absolute Gasteiger partial charge is 0.496 e.